The van der Waals surface area contributed by atoms with Gasteiger partial charge in [-0.1, -0.05) is 29.3 Å². The van der Waals surface area contributed by atoms with Crippen LogP contribution < -0.4 is 15.4 Å². The highest BCUT2D eigenvalue weighted by Gasteiger charge is 2.09. The summed E-state index contributed by atoms with van der Waals surface area (Å²) in [5.74, 6) is 1.55. The average Bonchev–Trinajstić information content (AvgIpc) is 2.87. The van der Waals surface area contributed by atoms with Gasteiger partial charge in [0, 0.05) is 31.9 Å². The summed E-state index contributed by atoms with van der Waals surface area (Å²) in [4.78, 5) is 4.55. The molecule has 27 heavy (non-hydrogen) atoms. The lowest BCUT2D eigenvalue weighted by Gasteiger charge is -2.12. The van der Waals surface area contributed by atoms with E-state index in [0.29, 0.717) is 41.4 Å². The maximum Gasteiger partial charge on any atom is 0.191 e. The van der Waals surface area contributed by atoms with E-state index in [1.807, 2.05) is 36.7 Å². The molecule has 0 aliphatic heterocycles. The molecule has 1 aromatic heterocycles. The predicted molar refractivity (Wildman–Crippen MR) is 122 cm³/mol. The van der Waals surface area contributed by atoms with Gasteiger partial charge in [-0.3, -0.25) is 0 Å². The molecule has 0 aliphatic carbocycles. The average molecular weight is 527 g/mol. The summed E-state index contributed by atoms with van der Waals surface area (Å²) in [6, 6.07) is 7.11. The fraction of sp³-hybridized carbons (Fsp3) is 0.389. The summed E-state index contributed by atoms with van der Waals surface area (Å²) in [6.45, 7) is 3.82. The molecule has 2 aromatic rings. The molecule has 0 unspecified atom stereocenters. The Labute approximate surface area is 186 Å². The van der Waals surface area contributed by atoms with Gasteiger partial charge in [-0.25, -0.2) is 4.99 Å². The Morgan fingerprint density at radius 2 is 2.00 bits per heavy atom. The highest BCUT2D eigenvalue weighted by molar-refractivity contribution is 14.0. The molecule has 0 atom stereocenters. The summed E-state index contributed by atoms with van der Waals surface area (Å²) >= 11 is 12.1. The highest BCUT2D eigenvalue weighted by Crippen LogP contribution is 2.25. The Hall–Kier alpha value is -1.32. The second-order valence-electron chi connectivity index (χ2n) is 5.70. The van der Waals surface area contributed by atoms with Crippen molar-refractivity contribution in [3.05, 3.63) is 45.7 Å². The van der Waals surface area contributed by atoms with E-state index in [1.165, 1.54) is 0 Å². The van der Waals surface area contributed by atoms with E-state index >= 15 is 0 Å². The minimum Gasteiger partial charge on any atom is -0.508 e. The number of ether oxygens (including phenoxy) is 1. The number of aliphatic imine (C=N–C) groups is 1. The fourth-order valence-corrected chi connectivity index (χ4v) is 2.86. The van der Waals surface area contributed by atoms with Gasteiger partial charge in [0.15, 0.2) is 5.96 Å². The van der Waals surface area contributed by atoms with Crippen molar-refractivity contribution in [1.82, 2.24) is 15.2 Å². The van der Waals surface area contributed by atoms with Crippen LogP contribution in [0.2, 0.25) is 10.2 Å². The molecule has 9 heteroatoms. The maximum absolute atomic E-state index is 10.0. The summed E-state index contributed by atoms with van der Waals surface area (Å²) in [7, 11) is 3.42. The maximum atomic E-state index is 10.0. The predicted octanol–water partition coefficient (Wildman–Crippen LogP) is 3.96. The lowest BCUT2D eigenvalue weighted by atomic mass is 10.1. The standard InChI is InChI=1S/C18H24Cl2N4O2.HI/c1-4-21-18(23-11-13-9-15(19)17(20)24(13)2)22-8-7-12-5-6-14(26-3)10-16(12)25;/h5-6,9-10,25H,4,7-8,11H2,1-3H3,(H2,21,22,23);1H. The van der Waals surface area contributed by atoms with Gasteiger partial charge in [0.25, 0.3) is 0 Å². The van der Waals surface area contributed by atoms with Crippen molar-refractivity contribution in [3.8, 4) is 11.5 Å². The molecule has 0 bridgehead atoms. The number of aromatic nitrogens is 1. The first kappa shape index (κ1) is 23.7. The van der Waals surface area contributed by atoms with Crippen molar-refractivity contribution in [1.29, 1.82) is 0 Å². The minimum atomic E-state index is 0. The molecule has 0 aliphatic rings. The molecule has 0 radical (unpaired) electrons. The number of nitrogens with zero attached hydrogens (tertiary/aromatic N) is 2. The van der Waals surface area contributed by atoms with Crippen molar-refractivity contribution >= 4 is 53.1 Å². The van der Waals surface area contributed by atoms with Crippen LogP contribution in [0, 0.1) is 0 Å². The summed E-state index contributed by atoms with van der Waals surface area (Å²) in [6.07, 6.45) is 0.655. The van der Waals surface area contributed by atoms with Crippen molar-refractivity contribution in [2.45, 2.75) is 19.9 Å². The van der Waals surface area contributed by atoms with Gasteiger partial charge in [-0.2, -0.15) is 0 Å². The lowest BCUT2D eigenvalue weighted by molar-refractivity contribution is 0.406. The number of nitrogens with one attached hydrogen (secondary N) is 2. The van der Waals surface area contributed by atoms with Gasteiger partial charge in [-0.05, 0) is 31.0 Å². The van der Waals surface area contributed by atoms with Crippen LogP contribution in [-0.2, 0) is 20.0 Å². The van der Waals surface area contributed by atoms with E-state index in [9.17, 15) is 5.11 Å². The molecule has 2 rings (SSSR count). The largest absolute Gasteiger partial charge is 0.508 e. The van der Waals surface area contributed by atoms with E-state index in [2.05, 4.69) is 15.6 Å². The number of benzene rings is 1. The summed E-state index contributed by atoms with van der Waals surface area (Å²) < 4.78 is 6.90. The number of guanidine groups is 1. The Kier molecular flexibility index (Phi) is 10.1. The number of methoxy groups -OCH3 is 1. The van der Waals surface area contributed by atoms with Gasteiger partial charge in [0.1, 0.15) is 16.7 Å². The molecule has 0 fully saturated rings. The third kappa shape index (κ3) is 6.65. The Bertz CT molecular complexity index is 781. The molecule has 0 saturated heterocycles. The van der Waals surface area contributed by atoms with Crippen LogP contribution >= 0.6 is 47.2 Å². The highest BCUT2D eigenvalue weighted by atomic mass is 127. The van der Waals surface area contributed by atoms with Crippen LogP contribution in [0.5, 0.6) is 11.5 Å². The van der Waals surface area contributed by atoms with Crippen LogP contribution in [0.4, 0.5) is 0 Å². The zero-order valence-corrected chi connectivity index (χ0v) is 19.4. The number of phenolic OH excluding ortho intramolecular Hbond substituents is 1. The van der Waals surface area contributed by atoms with E-state index < -0.39 is 0 Å². The van der Waals surface area contributed by atoms with Gasteiger partial charge in [0.05, 0.1) is 18.7 Å². The molecule has 6 nitrogen and oxygen atoms in total. The number of hydrogen-bond acceptors (Lipinski definition) is 3. The Morgan fingerprint density at radius 3 is 2.56 bits per heavy atom. The van der Waals surface area contributed by atoms with E-state index in [4.69, 9.17) is 27.9 Å². The summed E-state index contributed by atoms with van der Waals surface area (Å²) in [5, 5.41) is 17.5. The first-order chi connectivity index (χ1) is 12.5. The Balaban J connectivity index is 0.00000364. The van der Waals surface area contributed by atoms with Crippen LogP contribution in [-0.4, -0.2) is 35.8 Å². The molecule has 0 saturated carbocycles. The zero-order valence-electron chi connectivity index (χ0n) is 15.6. The number of halogens is 3. The number of phenols is 1. The minimum absolute atomic E-state index is 0. The van der Waals surface area contributed by atoms with Crippen LogP contribution in [0.3, 0.4) is 0 Å². The first-order valence-corrected chi connectivity index (χ1v) is 9.09. The third-order valence-corrected chi connectivity index (χ3v) is 4.78. The molecule has 150 valence electrons. The zero-order chi connectivity index (χ0) is 19.1. The molecule has 1 aromatic carbocycles. The van der Waals surface area contributed by atoms with Gasteiger partial charge in [0.2, 0.25) is 0 Å². The molecule has 1 heterocycles. The van der Waals surface area contributed by atoms with E-state index in [1.54, 1.807) is 13.2 Å². The normalized spacial score (nSPS) is 11.1. The number of aromatic hydroxyl groups is 1. The topological polar surface area (TPSA) is 70.8 Å². The van der Waals surface area contributed by atoms with Gasteiger partial charge >= 0.3 is 0 Å². The van der Waals surface area contributed by atoms with Crippen molar-refractivity contribution in [3.63, 3.8) is 0 Å². The second-order valence-corrected chi connectivity index (χ2v) is 6.47. The monoisotopic (exact) mass is 526 g/mol. The van der Waals surface area contributed by atoms with Gasteiger partial charge < -0.3 is 25.0 Å². The van der Waals surface area contributed by atoms with Crippen LogP contribution in [0.15, 0.2) is 29.3 Å². The summed E-state index contributed by atoms with van der Waals surface area (Å²) in [5.41, 5.74) is 1.76. The Morgan fingerprint density at radius 1 is 1.26 bits per heavy atom. The van der Waals surface area contributed by atoms with Crippen LogP contribution in [0.1, 0.15) is 18.2 Å². The van der Waals surface area contributed by atoms with Crippen molar-refractivity contribution < 1.29 is 9.84 Å². The molecular formula is C18H25Cl2IN4O2. The third-order valence-electron chi connectivity index (χ3n) is 3.94. The SMILES string of the molecule is CCNC(=NCc1cc(Cl)c(Cl)n1C)NCCc1ccc(OC)cc1O.I. The smallest absolute Gasteiger partial charge is 0.191 e. The quantitative estimate of drug-likeness (QED) is 0.290. The number of rotatable bonds is 7. The first-order valence-electron chi connectivity index (χ1n) is 8.33. The second kappa shape index (κ2) is 11.5. The van der Waals surface area contributed by atoms with Crippen molar-refractivity contribution in [2.75, 3.05) is 20.2 Å². The lowest BCUT2D eigenvalue weighted by Crippen LogP contribution is -2.38. The van der Waals surface area contributed by atoms with E-state index in [0.717, 1.165) is 17.8 Å². The molecule has 0 amide bonds. The van der Waals surface area contributed by atoms with Crippen molar-refractivity contribution in [2.24, 2.45) is 12.0 Å². The molecule has 0 spiro atoms. The molecule has 3 N–H and O–H groups in total. The van der Waals surface area contributed by atoms with E-state index in [-0.39, 0.29) is 29.7 Å². The van der Waals surface area contributed by atoms with Crippen LogP contribution in [0.25, 0.3) is 0 Å². The molecular weight excluding hydrogens is 502 g/mol. The number of hydrogen-bond donors (Lipinski definition) is 3. The fourth-order valence-electron chi connectivity index (χ4n) is 2.44. The van der Waals surface area contributed by atoms with Gasteiger partial charge in [-0.15, -0.1) is 24.0 Å².